The first-order valence-corrected chi connectivity index (χ1v) is 7.78. The molecule has 0 bridgehead atoms. The maximum atomic E-state index is 12.5. The maximum Gasteiger partial charge on any atom is 0.289 e. The fourth-order valence-corrected chi connectivity index (χ4v) is 2.60. The molecule has 1 N–H and O–H groups in total. The van der Waals surface area contributed by atoms with Crippen molar-refractivity contribution in [3.8, 4) is 0 Å². The average Bonchev–Trinajstić information content (AvgIpc) is 3.12. The van der Waals surface area contributed by atoms with Gasteiger partial charge < -0.3 is 9.73 Å². The summed E-state index contributed by atoms with van der Waals surface area (Å²) in [7, 11) is 0. The summed E-state index contributed by atoms with van der Waals surface area (Å²) in [6, 6.07) is -0.121. The first kappa shape index (κ1) is 14.7. The van der Waals surface area contributed by atoms with Gasteiger partial charge in [-0.15, -0.1) is 0 Å². The molecule has 0 radical (unpaired) electrons. The maximum absolute atomic E-state index is 12.5. The predicted molar refractivity (Wildman–Crippen MR) is 79.2 cm³/mol. The van der Waals surface area contributed by atoms with Crippen LogP contribution in [0.1, 0.15) is 60.7 Å². The van der Waals surface area contributed by atoms with Crippen LogP contribution in [0.15, 0.2) is 10.7 Å². The standard InChI is InChI=1S/C15H21N5O2/c1-4-11-18-9(3)13(22-11)15(21)19-12(10-6-7-10)14-16-8-17-20(14)5-2/h8,10,12H,4-7H2,1-3H3,(H,19,21)/t12-/m1/s1. The molecule has 0 aromatic carbocycles. The Labute approximate surface area is 129 Å². The van der Waals surface area contributed by atoms with E-state index >= 15 is 0 Å². The first-order valence-electron chi connectivity index (χ1n) is 7.78. The molecule has 1 aliphatic rings. The number of carbonyl (C=O) groups excluding carboxylic acids is 1. The Balaban J connectivity index is 1.82. The van der Waals surface area contributed by atoms with Gasteiger partial charge in [-0.05, 0) is 32.6 Å². The molecule has 2 aromatic rings. The number of carbonyl (C=O) groups is 1. The Bertz CT molecular complexity index is 671. The van der Waals surface area contributed by atoms with E-state index in [-0.39, 0.29) is 11.9 Å². The van der Waals surface area contributed by atoms with Crippen LogP contribution in [0.25, 0.3) is 0 Å². The van der Waals surface area contributed by atoms with E-state index in [2.05, 4.69) is 20.4 Å². The summed E-state index contributed by atoms with van der Waals surface area (Å²) in [6.07, 6.45) is 4.40. The predicted octanol–water partition coefficient (Wildman–Crippen LogP) is 2.04. The molecule has 1 fully saturated rings. The summed E-state index contributed by atoms with van der Waals surface area (Å²) in [5.41, 5.74) is 0.626. The van der Waals surface area contributed by atoms with Gasteiger partial charge in [-0.3, -0.25) is 4.79 Å². The molecule has 1 saturated carbocycles. The number of aryl methyl sites for hydroxylation is 3. The quantitative estimate of drug-likeness (QED) is 0.882. The second-order valence-corrected chi connectivity index (χ2v) is 5.60. The third-order valence-electron chi connectivity index (χ3n) is 3.95. The summed E-state index contributed by atoms with van der Waals surface area (Å²) < 4.78 is 7.36. The molecule has 1 atom stereocenters. The third kappa shape index (κ3) is 2.75. The van der Waals surface area contributed by atoms with Crippen molar-refractivity contribution in [2.75, 3.05) is 0 Å². The lowest BCUT2D eigenvalue weighted by Crippen LogP contribution is -2.32. The van der Waals surface area contributed by atoms with Crippen molar-refractivity contribution in [2.24, 2.45) is 5.92 Å². The summed E-state index contributed by atoms with van der Waals surface area (Å²) in [5.74, 6) is 1.89. The lowest BCUT2D eigenvalue weighted by molar-refractivity contribution is 0.0897. The van der Waals surface area contributed by atoms with E-state index in [1.165, 1.54) is 6.33 Å². The first-order chi connectivity index (χ1) is 10.6. The molecule has 0 spiro atoms. The molecule has 0 unspecified atom stereocenters. The third-order valence-corrected chi connectivity index (χ3v) is 3.95. The number of hydrogen-bond donors (Lipinski definition) is 1. The van der Waals surface area contributed by atoms with Crippen molar-refractivity contribution < 1.29 is 9.21 Å². The van der Waals surface area contributed by atoms with Gasteiger partial charge in [0.2, 0.25) is 5.76 Å². The molecule has 1 aliphatic carbocycles. The number of nitrogens with zero attached hydrogens (tertiary/aromatic N) is 4. The molecule has 7 heteroatoms. The Morgan fingerprint density at radius 3 is 2.86 bits per heavy atom. The zero-order chi connectivity index (χ0) is 15.7. The highest BCUT2D eigenvalue weighted by Gasteiger charge is 2.37. The van der Waals surface area contributed by atoms with Gasteiger partial charge in [0.25, 0.3) is 5.91 Å². The summed E-state index contributed by atoms with van der Waals surface area (Å²) in [6.45, 7) is 6.48. The van der Waals surface area contributed by atoms with Crippen LogP contribution in [0.5, 0.6) is 0 Å². The number of oxazole rings is 1. The van der Waals surface area contributed by atoms with E-state index in [4.69, 9.17) is 4.42 Å². The molecule has 2 heterocycles. The molecule has 7 nitrogen and oxygen atoms in total. The number of amides is 1. The summed E-state index contributed by atoms with van der Waals surface area (Å²) in [5, 5.41) is 7.25. The number of aromatic nitrogens is 4. The van der Waals surface area contributed by atoms with Crippen LogP contribution in [0.2, 0.25) is 0 Å². The van der Waals surface area contributed by atoms with Crippen molar-refractivity contribution >= 4 is 5.91 Å². The van der Waals surface area contributed by atoms with Gasteiger partial charge in [-0.2, -0.15) is 5.10 Å². The van der Waals surface area contributed by atoms with Crippen molar-refractivity contribution in [3.63, 3.8) is 0 Å². The minimum atomic E-state index is -0.229. The molecule has 22 heavy (non-hydrogen) atoms. The van der Waals surface area contributed by atoms with Crippen LogP contribution < -0.4 is 5.32 Å². The van der Waals surface area contributed by atoms with Crippen LogP contribution >= 0.6 is 0 Å². The summed E-state index contributed by atoms with van der Waals surface area (Å²) >= 11 is 0. The van der Waals surface area contributed by atoms with E-state index in [9.17, 15) is 4.79 Å². The molecule has 0 aliphatic heterocycles. The van der Waals surface area contributed by atoms with E-state index < -0.39 is 0 Å². The van der Waals surface area contributed by atoms with Gasteiger partial charge in [-0.25, -0.2) is 14.6 Å². The largest absolute Gasteiger partial charge is 0.435 e. The Morgan fingerprint density at radius 1 is 1.50 bits per heavy atom. The zero-order valence-electron chi connectivity index (χ0n) is 13.2. The minimum absolute atomic E-state index is 0.121. The fraction of sp³-hybridized carbons (Fsp3) is 0.600. The highest BCUT2D eigenvalue weighted by atomic mass is 16.4. The molecule has 1 amide bonds. The number of hydrogen-bond acceptors (Lipinski definition) is 5. The van der Waals surface area contributed by atoms with Gasteiger partial charge in [-0.1, -0.05) is 6.92 Å². The fourth-order valence-electron chi connectivity index (χ4n) is 2.60. The highest BCUT2D eigenvalue weighted by molar-refractivity contribution is 5.92. The Hall–Kier alpha value is -2.18. The van der Waals surface area contributed by atoms with E-state index in [1.54, 1.807) is 6.92 Å². The highest BCUT2D eigenvalue weighted by Crippen LogP contribution is 2.40. The van der Waals surface area contributed by atoms with Crippen LogP contribution in [0.3, 0.4) is 0 Å². The molecule has 3 rings (SSSR count). The zero-order valence-corrected chi connectivity index (χ0v) is 13.2. The van der Waals surface area contributed by atoms with Crippen molar-refractivity contribution in [2.45, 2.75) is 52.6 Å². The van der Waals surface area contributed by atoms with Crippen LogP contribution in [-0.2, 0) is 13.0 Å². The Morgan fingerprint density at radius 2 is 2.27 bits per heavy atom. The SMILES string of the molecule is CCc1nc(C)c(C(=O)N[C@@H](c2ncnn2CC)C2CC2)o1. The lowest BCUT2D eigenvalue weighted by atomic mass is 10.1. The summed E-state index contributed by atoms with van der Waals surface area (Å²) in [4.78, 5) is 21.1. The molecular weight excluding hydrogens is 282 g/mol. The second-order valence-electron chi connectivity index (χ2n) is 5.60. The molecule has 118 valence electrons. The van der Waals surface area contributed by atoms with Gasteiger partial charge in [0, 0.05) is 13.0 Å². The monoisotopic (exact) mass is 303 g/mol. The smallest absolute Gasteiger partial charge is 0.289 e. The molecular formula is C15H21N5O2. The topological polar surface area (TPSA) is 85.8 Å². The normalized spacial score (nSPS) is 15.8. The van der Waals surface area contributed by atoms with Crippen molar-refractivity contribution in [1.29, 1.82) is 0 Å². The van der Waals surface area contributed by atoms with Gasteiger partial charge in [0.1, 0.15) is 12.2 Å². The number of nitrogens with one attached hydrogen (secondary N) is 1. The molecule has 0 saturated heterocycles. The van der Waals surface area contributed by atoms with Crippen molar-refractivity contribution in [1.82, 2.24) is 25.1 Å². The van der Waals surface area contributed by atoms with Gasteiger partial charge in [0.05, 0.1) is 11.7 Å². The minimum Gasteiger partial charge on any atom is -0.435 e. The molecule has 2 aromatic heterocycles. The number of rotatable bonds is 6. The van der Waals surface area contributed by atoms with Gasteiger partial charge in [0.15, 0.2) is 5.89 Å². The van der Waals surface area contributed by atoms with Crippen LogP contribution in [0.4, 0.5) is 0 Å². The van der Waals surface area contributed by atoms with Crippen LogP contribution in [-0.4, -0.2) is 25.7 Å². The van der Waals surface area contributed by atoms with Gasteiger partial charge >= 0.3 is 0 Å². The van der Waals surface area contributed by atoms with E-state index in [0.29, 0.717) is 29.7 Å². The van der Waals surface area contributed by atoms with E-state index in [1.807, 2.05) is 18.5 Å². The average molecular weight is 303 g/mol. The lowest BCUT2D eigenvalue weighted by Gasteiger charge is -2.17. The van der Waals surface area contributed by atoms with E-state index in [0.717, 1.165) is 25.2 Å². The van der Waals surface area contributed by atoms with Crippen LogP contribution in [0, 0.1) is 12.8 Å². The Kier molecular flexibility index (Phi) is 3.96. The van der Waals surface area contributed by atoms with Crippen molar-refractivity contribution in [3.05, 3.63) is 29.5 Å². The second kappa shape index (κ2) is 5.90.